The van der Waals surface area contributed by atoms with Gasteiger partial charge in [0.15, 0.2) is 0 Å². The van der Waals surface area contributed by atoms with Crippen molar-refractivity contribution >= 4 is 17.5 Å². The van der Waals surface area contributed by atoms with Gasteiger partial charge in [0.05, 0.1) is 26.0 Å². The van der Waals surface area contributed by atoms with E-state index in [1.807, 2.05) is 48.5 Å². The van der Waals surface area contributed by atoms with Gasteiger partial charge >= 0.3 is 0 Å². The summed E-state index contributed by atoms with van der Waals surface area (Å²) < 4.78 is 10.5. The summed E-state index contributed by atoms with van der Waals surface area (Å²) in [4.78, 5) is 25.9. The van der Waals surface area contributed by atoms with Crippen molar-refractivity contribution in [2.24, 2.45) is 5.10 Å². The lowest BCUT2D eigenvalue weighted by Gasteiger charge is -2.24. The van der Waals surface area contributed by atoms with Crippen molar-refractivity contribution in [2.75, 3.05) is 27.8 Å². The fraction of sp³-hybridized carbons (Fsp3) is 0.318. The van der Waals surface area contributed by atoms with Crippen LogP contribution >= 0.6 is 0 Å². The van der Waals surface area contributed by atoms with Crippen molar-refractivity contribution in [1.29, 1.82) is 0 Å². The lowest BCUT2D eigenvalue weighted by atomic mass is 9.98. The molecule has 1 aliphatic heterocycles. The number of hydrazone groups is 1. The number of methoxy groups -OCH3 is 2. The van der Waals surface area contributed by atoms with Crippen molar-refractivity contribution in [3.05, 3.63) is 59.7 Å². The molecule has 7 nitrogen and oxygen atoms in total. The quantitative estimate of drug-likeness (QED) is 0.754. The van der Waals surface area contributed by atoms with Crippen LogP contribution in [0.5, 0.6) is 11.5 Å². The second-order valence-corrected chi connectivity index (χ2v) is 6.89. The average molecular weight is 395 g/mol. The van der Waals surface area contributed by atoms with Crippen LogP contribution in [0.4, 0.5) is 0 Å². The maximum Gasteiger partial charge on any atom is 0.262 e. The van der Waals surface area contributed by atoms with Gasteiger partial charge in [0.1, 0.15) is 18.0 Å². The molecule has 1 unspecified atom stereocenters. The molecule has 0 N–H and O–H groups in total. The molecule has 0 radical (unpaired) electrons. The highest BCUT2D eigenvalue weighted by Crippen LogP contribution is 2.34. The lowest BCUT2D eigenvalue weighted by molar-refractivity contribution is -0.139. The van der Waals surface area contributed by atoms with Gasteiger partial charge in [-0.1, -0.05) is 24.3 Å². The maximum absolute atomic E-state index is 12.9. The van der Waals surface area contributed by atoms with Gasteiger partial charge in [-0.25, -0.2) is 5.01 Å². The number of benzene rings is 2. The Kier molecular flexibility index (Phi) is 6.16. The molecule has 0 bridgehead atoms. The third kappa shape index (κ3) is 4.56. The molecule has 3 rings (SSSR count). The van der Waals surface area contributed by atoms with Crippen LogP contribution < -0.4 is 9.47 Å². The molecule has 1 heterocycles. The standard InChI is InChI=1S/C22H25N3O4/c1-15(26)24(2)14-22(27)25-21(16-8-10-18(28-3)11-9-16)13-20(23-25)17-6-5-7-19(12-17)29-4/h5-12,21H,13-14H2,1-4H3. The summed E-state index contributed by atoms with van der Waals surface area (Å²) in [6.07, 6.45) is 0.565. The summed E-state index contributed by atoms with van der Waals surface area (Å²) >= 11 is 0. The number of carbonyl (C=O) groups is 2. The number of likely N-dealkylation sites (N-methyl/N-ethyl adjacent to an activating group) is 1. The largest absolute Gasteiger partial charge is 0.497 e. The number of ether oxygens (including phenoxy) is 2. The van der Waals surface area contributed by atoms with E-state index in [0.29, 0.717) is 6.42 Å². The second kappa shape index (κ2) is 8.77. The smallest absolute Gasteiger partial charge is 0.262 e. The fourth-order valence-corrected chi connectivity index (χ4v) is 3.19. The predicted octanol–water partition coefficient (Wildman–Crippen LogP) is 2.86. The molecule has 2 aromatic carbocycles. The molecular formula is C22H25N3O4. The molecule has 0 aromatic heterocycles. The summed E-state index contributed by atoms with van der Waals surface area (Å²) in [5.41, 5.74) is 2.65. The molecule has 1 atom stereocenters. The number of carbonyl (C=O) groups excluding carboxylic acids is 2. The molecule has 7 heteroatoms. The van der Waals surface area contributed by atoms with Crippen molar-refractivity contribution in [1.82, 2.24) is 9.91 Å². The number of hydrogen-bond acceptors (Lipinski definition) is 5. The summed E-state index contributed by atoms with van der Waals surface area (Å²) in [7, 11) is 4.83. The van der Waals surface area contributed by atoms with Crippen LogP contribution in [0.25, 0.3) is 0 Å². The topological polar surface area (TPSA) is 71.4 Å². The van der Waals surface area contributed by atoms with E-state index in [1.165, 1.54) is 16.8 Å². The molecule has 29 heavy (non-hydrogen) atoms. The highest BCUT2D eigenvalue weighted by Gasteiger charge is 2.33. The zero-order valence-corrected chi connectivity index (χ0v) is 17.1. The summed E-state index contributed by atoms with van der Waals surface area (Å²) in [6.45, 7) is 1.40. The van der Waals surface area contributed by atoms with Crippen LogP contribution in [-0.4, -0.2) is 55.2 Å². The first-order valence-electron chi connectivity index (χ1n) is 9.32. The fourth-order valence-electron chi connectivity index (χ4n) is 3.19. The number of hydrogen-bond donors (Lipinski definition) is 0. The molecule has 0 fully saturated rings. The Labute approximate surface area is 170 Å². The van der Waals surface area contributed by atoms with E-state index < -0.39 is 0 Å². The van der Waals surface area contributed by atoms with Gasteiger partial charge in [-0.3, -0.25) is 9.59 Å². The lowest BCUT2D eigenvalue weighted by Crippen LogP contribution is -2.38. The number of nitrogens with zero attached hydrogens (tertiary/aromatic N) is 3. The molecule has 1 aliphatic rings. The van der Waals surface area contributed by atoms with Gasteiger partial charge in [-0.05, 0) is 29.8 Å². The normalized spacial score (nSPS) is 15.7. The third-order valence-corrected chi connectivity index (χ3v) is 4.98. The van der Waals surface area contributed by atoms with E-state index in [0.717, 1.165) is 28.3 Å². The van der Waals surface area contributed by atoms with Crippen LogP contribution in [0.3, 0.4) is 0 Å². The molecule has 2 aromatic rings. The highest BCUT2D eigenvalue weighted by atomic mass is 16.5. The Morgan fingerprint density at radius 1 is 1.10 bits per heavy atom. The van der Waals surface area contributed by atoms with Gasteiger partial charge in [0, 0.05) is 26.0 Å². The minimum Gasteiger partial charge on any atom is -0.497 e. The minimum atomic E-state index is -0.255. The molecule has 0 spiro atoms. The van der Waals surface area contributed by atoms with Gasteiger partial charge < -0.3 is 14.4 Å². The Bertz CT molecular complexity index is 924. The van der Waals surface area contributed by atoms with Gasteiger partial charge in [-0.15, -0.1) is 0 Å². The summed E-state index contributed by atoms with van der Waals surface area (Å²) in [6, 6.07) is 15.0. The zero-order valence-electron chi connectivity index (χ0n) is 17.1. The predicted molar refractivity (Wildman–Crippen MR) is 110 cm³/mol. The van der Waals surface area contributed by atoms with Crippen molar-refractivity contribution in [3.8, 4) is 11.5 Å². The van der Waals surface area contributed by atoms with Crippen LogP contribution in [0.1, 0.15) is 30.5 Å². The Morgan fingerprint density at radius 3 is 2.41 bits per heavy atom. The molecule has 0 saturated carbocycles. The van der Waals surface area contributed by atoms with Crippen LogP contribution in [0, 0.1) is 0 Å². The number of rotatable bonds is 6. The molecule has 0 saturated heterocycles. The average Bonchev–Trinajstić information content (AvgIpc) is 3.19. The number of amides is 2. The zero-order chi connectivity index (χ0) is 21.0. The Morgan fingerprint density at radius 2 is 1.79 bits per heavy atom. The van der Waals surface area contributed by atoms with Gasteiger partial charge in [0.25, 0.3) is 5.91 Å². The SMILES string of the molecule is COc1ccc(C2CC(c3cccc(OC)c3)=NN2C(=O)CN(C)C(C)=O)cc1. The van der Waals surface area contributed by atoms with Crippen LogP contribution in [0.15, 0.2) is 53.6 Å². The monoisotopic (exact) mass is 395 g/mol. The van der Waals surface area contributed by atoms with Crippen LogP contribution in [-0.2, 0) is 9.59 Å². The van der Waals surface area contributed by atoms with Gasteiger partial charge in [0.2, 0.25) is 5.91 Å². The first kappa shape index (κ1) is 20.4. The first-order chi connectivity index (χ1) is 13.9. The maximum atomic E-state index is 12.9. The van der Waals surface area contributed by atoms with Crippen molar-refractivity contribution < 1.29 is 19.1 Å². The van der Waals surface area contributed by atoms with E-state index >= 15 is 0 Å². The summed E-state index contributed by atoms with van der Waals surface area (Å²) in [5, 5.41) is 6.10. The Hall–Kier alpha value is -3.35. The Balaban J connectivity index is 1.93. The van der Waals surface area contributed by atoms with E-state index in [4.69, 9.17) is 9.47 Å². The van der Waals surface area contributed by atoms with Crippen molar-refractivity contribution in [3.63, 3.8) is 0 Å². The van der Waals surface area contributed by atoms with Gasteiger partial charge in [-0.2, -0.15) is 5.10 Å². The molecule has 2 amide bonds. The highest BCUT2D eigenvalue weighted by molar-refractivity contribution is 6.03. The molecular weight excluding hydrogens is 370 g/mol. The van der Waals surface area contributed by atoms with E-state index in [9.17, 15) is 9.59 Å². The van der Waals surface area contributed by atoms with Crippen LogP contribution in [0.2, 0.25) is 0 Å². The third-order valence-electron chi connectivity index (χ3n) is 4.98. The van der Waals surface area contributed by atoms with E-state index in [-0.39, 0.29) is 24.4 Å². The molecule has 0 aliphatic carbocycles. The van der Waals surface area contributed by atoms with Crippen molar-refractivity contribution in [2.45, 2.75) is 19.4 Å². The minimum absolute atomic E-state index is 0.0309. The van der Waals surface area contributed by atoms with E-state index in [2.05, 4.69) is 5.10 Å². The summed E-state index contributed by atoms with van der Waals surface area (Å²) in [5.74, 6) is 1.07. The van der Waals surface area contributed by atoms with E-state index in [1.54, 1.807) is 21.3 Å². The second-order valence-electron chi connectivity index (χ2n) is 6.89. The first-order valence-corrected chi connectivity index (χ1v) is 9.32. The molecule has 152 valence electrons.